The van der Waals surface area contributed by atoms with E-state index in [9.17, 15) is 9.59 Å². The van der Waals surface area contributed by atoms with Gasteiger partial charge in [0.05, 0.1) is 0 Å². The van der Waals surface area contributed by atoms with Crippen LogP contribution in [0.2, 0.25) is 0 Å². The Morgan fingerprint density at radius 1 is 1.37 bits per heavy atom. The molecule has 1 aliphatic heterocycles. The fourth-order valence-electron chi connectivity index (χ4n) is 2.20. The molecule has 2 N–H and O–H groups in total. The third-order valence-corrected chi connectivity index (χ3v) is 4.13. The van der Waals surface area contributed by atoms with Gasteiger partial charge in [-0.05, 0) is 38.4 Å². The number of carbonyl (C=O) groups is 2. The van der Waals surface area contributed by atoms with Crippen LogP contribution in [0.4, 0.5) is 0 Å². The summed E-state index contributed by atoms with van der Waals surface area (Å²) in [5.74, 6) is -0.0460. The van der Waals surface area contributed by atoms with Gasteiger partial charge in [-0.1, -0.05) is 6.92 Å². The zero-order valence-electron chi connectivity index (χ0n) is 12.0. The molecule has 0 aromatic heterocycles. The predicted molar refractivity (Wildman–Crippen MR) is 79.3 cm³/mol. The van der Waals surface area contributed by atoms with Crippen LogP contribution in [0.5, 0.6) is 0 Å². The van der Waals surface area contributed by atoms with E-state index in [1.165, 1.54) is 6.92 Å². The van der Waals surface area contributed by atoms with Gasteiger partial charge in [-0.15, -0.1) is 0 Å². The standard InChI is InChI=1S/C13H25N3O2S/c1-10(17)15-11(8-19)12(18)14-9-13(2)4-6-16(3)7-5-13/h11,19H,4-9H2,1-3H3,(H,14,18)(H,15,17). The van der Waals surface area contributed by atoms with Gasteiger partial charge < -0.3 is 15.5 Å². The Labute approximate surface area is 120 Å². The number of hydrogen-bond donors (Lipinski definition) is 3. The maximum atomic E-state index is 12.0. The molecule has 0 aliphatic carbocycles. The topological polar surface area (TPSA) is 61.4 Å². The zero-order valence-corrected chi connectivity index (χ0v) is 12.9. The van der Waals surface area contributed by atoms with Gasteiger partial charge in [0.2, 0.25) is 11.8 Å². The number of nitrogens with one attached hydrogen (secondary N) is 2. The highest BCUT2D eigenvalue weighted by molar-refractivity contribution is 7.80. The molecule has 1 saturated heterocycles. The van der Waals surface area contributed by atoms with Crippen molar-refractivity contribution in [2.45, 2.75) is 32.7 Å². The molecule has 0 bridgehead atoms. The molecule has 2 amide bonds. The molecular formula is C13H25N3O2S. The number of hydrogen-bond acceptors (Lipinski definition) is 4. The third-order valence-electron chi connectivity index (χ3n) is 3.76. The summed E-state index contributed by atoms with van der Waals surface area (Å²) in [6, 6.07) is -0.546. The molecule has 1 atom stereocenters. The maximum Gasteiger partial charge on any atom is 0.243 e. The second-order valence-corrected chi connectivity index (χ2v) is 6.13. The summed E-state index contributed by atoms with van der Waals surface area (Å²) < 4.78 is 0. The fraction of sp³-hybridized carbons (Fsp3) is 0.846. The predicted octanol–water partition coefficient (Wildman–Crippen LogP) is 0.269. The summed E-state index contributed by atoms with van der Waals surface area (Å²) in [6.45, 7) is 6.39. The van der Waals surface area contributed by atoms with E-state index in [1.807, 2.05) is 0 Å². The Kier molecular flexibility index (Phi) is 6.13. The fourth-order valence-corrected chi connectivity index (χ4v) is 2.46. The summed E-state index contributed by atoms with van der Waals surface area (Å²) in [5, 5.41) is 5.54. The summed E-state index contributed by atoms with van der Waals surface area (Å²) in [7, 11) is 2.12. The molecule has 0 aromatic carbocycles. The number of rotatable bonds is 5. The molecule has 1 rings (SSSR count). The van der Waals surface area contributed by atoms with Crippen molar-refractivity contribution >= 4 is 24.4 Å². The molecule has 5 nitrogen and oxygen atoms in total. The first-order valence-electron chi connectivity index (χ1n) is 6.70. The van der Waals surface area contributed by atoms with E-state index in [0.29, 0.717) is 12.3 Å². The van der Waals surface area contributed by atoms with Crippen LogP contribution in [-0.4, -0.2) is 55.2 Å². The average Bonchev–Trinajstić information content (AvgIpc) is 2.37. The van der Waals surface area contributed by atoms with Gasteiger partial charge in [0.1, 0.15) is 6.04 Å². The highest BCUT2D eigenvalue weighted by Gasteiger charge is 2.30. The number of nitrogens with zero attached hydrogens (tertiary/aromatic N) is 1. The molecule has 6 heteroatoms. The zero-order chi connectivity index (χ0) is 14.5. The maximum absolute atomic E-state index is 12.0. The molecule has 110 valence electrons. The van der Waals surface area contributed by atoms with Crippen molar-refractivity contribution in [2.75, 3.05) is 32.4 Å². The number of thiol groups is 1. The second-order valence-electron chi connectivity index (χ2n) is 5.77. The SMILES string of the molecule is CC(=O)NC(CS)C(=O)NCC1(C)CCN(C)CC1. The summed E-state index contributed by atoms with van der Waals surface area (Å²) in [4.78, 5) is 25.3. The Morgan fingerprint density at radius 3 is 2.42 bits per heavy atom. The van der Waals surface area contributed by atoms with Crippen LogP contribution < -0.4 is 10.6 Å². The lowest BCUT2D eigenvalue weighted by Gasteiger charge is -2.38. The van der Waals surface area contributed by atoms with Crippen LogP contribution in [0.1, 0.15) is 26.7 Å². The van der Waals surface area contributed by atoms with Crippen LogP contribution in [0.15, 0.2) is 0 Å². The minimum atomic E-state index is -0.546. The van der Waals surface area contributed by atoms with Crippen LogP contribution in [0.3, 0.4) is 0 Å². The molecule has 0 aromatic rings. The van der Waals surface area contributed by atoms with E-state index in [0.717, 1.165) is 25.9 Å². The van der Waals surface area contributed by atoms with Gasteiger partial charge in [0, 0.05) is 19.2 Å². The molecular weight excluding hydrogens is 262 g/mol. The van der Waals surface area contributed by atoms with Gasteiger partial charge in [0.15, 0.2) is 0 Å². The largest absolute Gasteiger partial charge is 0.354 e. The lowest BCUT2D eigenvalue weighted by molar-refractivity contribution is -0.127. The normalized spacial score (nSPS) is 20.6. The highest BCUT2D eigenvalue weighted by atomic mass is 32.1. The van der Waals surface area contributed by atoms with Gasteiger partial charge in [-0.2, -0.15) is 12.6 Å². The molecule has 1 unspecified atom stereocenters. The first-order valence-corrected chi connectivity index (χ1v) is 7.34. The molecule has 0 saturated carbocycles. The van der Waals surface area contributed by atoms with Crippen LogP contribution >= 0.6 is 12.6 Å². The number of piperidine rings is 1. The number of amides is 2. The third kappa shape index (κ3) is 5.40. The van der Waals surface area contributed by atoms with Gasteiger partial charge >= 0.3 is 0 Å². The Bertz CT molecular complexity index is 328. The minimum absolute atomic E-state index is 0.148. The lowest BCUT2D eigenvalue weighted by atomic mass is 9.80. The molecule has 0 radical (unpaired) electrons. The number of carbonyl (C=O) groups excluding carboxylic acids is 2. The Hall–Kier alpha value is -0.750. The Balaban J connectivity index is 2.42. The van der Waals surface area contributed by atoms with Crippen molar-refractivity contribution in [3.05, 3.63) is 0 Å². The van der Waals surface area contributed by atoms with E-state index in [-0.39, 0.29) is 17.2 Å². The quantitative estimate of drug-likeness (QED) is 0.636. The van der Waals surface area contributed by atoms with Crippen molar-refractivity contribution in [3.8, 4) is 0 Å². The van der Waals surface area contributed by atoms with Gasteiger partial charge in [-0.25, -0.2) is 0 Å². The number of likely N-dealkylation sites (tertiary alicyclic amines) is 1. The average molecular weight is 287 g/mol. The van der Waals surface area contributed by atoms with E-state index in [4.69, 9.17) is 0 Å². The molecule has 1 heterocycles. The molecule has 0 spiro atoms. The summed E-state index contributed by atoms with van der Waals surface area (Å²) in [6.07, 6.45) is 2.16. The first kappa shape index (κ1) is 16.3. The Morgan fingerprint density at radius 2 is 1.95 bits per heavy atom. The van der Waals surface area contributed by atoms with Crippen molar-refractivity contribution in [1.82, 2.24) is 15.5 Å². The smallest absolute Gasteiger partial charge is 0.243 e. The van der Waals surface area contributed by atoms with Gasteiger partial charge in [-0.3, -0.25) is 9.59 Å². The van der Waals surface area contributed by atoms with Crippen molar-refractivity contribution in [3.63, 3.8) is 0 Å². The van der Waals surface area contributed by atoms with Crippen LogP contribution in [0.25, 0.3) is 0 Å². The monoisotopic (exact) mass is 287 g/mol. The summed E-state index contributed by atoms with van der Waals surface area (Å²) >= 11 is 4.10. The van der Waals surface area contributed by atoms with E-state index in [2.05, 4.69) is 42.1 Å². The van der Waals surface area contributed by atoms with E-state index < -0.39 is 6.04 Å². The second kappa shape index (κ2) is 7.14. The van der Waals surface area contributed by atoms with Crippen molar-refractivity contribution in [2.24, 2.45) is 5.41 Å². The van der Waals surface area contributed by atoms with Crippen LogP contribution in [0, 0.1) is 5.41 Å². The van der Waals surface area contributed by atoms with E-state index >= 15 is 0 Å². The lowest BCUT2D eigenvalue weighted by Crippen LogP contribution is -2.50. The first-order chi connectivity index (χ1) is 8.86. The van der Waals surface area contributed by atoms with Crippen LogP contribution in [-0.2, 0) is 9.59 Å². The summed E-state index contributed by atoms with van der Waals surface area (Å²) in [5.41, 5.74) is 0.152. The molecule has 19 heavy (non-hydrogen) atoms. The minimum Gasteiger partial charge on any atom is -0.354 e. The van der Waals surface area contributed by atoms with Crippen molar-refractivity contribution < 1.29 is 9.59 Å². The highest BCUT2D eigenvalue weighted by Crippen LogP contribution is 2.29. The van der Waals surface area contributed by atoms with Crippen molar-refractivity contribution in [1.29, 1.82) is 0 Å². The van der Waals surface area contributed by atoms with E-state index in [1.54, 1.807) is 0 Å². The molecule has 1 aliphatic rings. The molecule has 1 fully saturated rings. The van der Waals surface area contributed by atoms with Gasteiger partial charge in [0.25, 0.3) is 0 Å².